The Hall–Kier alpha value is -0.700. The molecular weight excluding hydrogens is 242 g/mol. The SMILES string of the molecule is Cc1c(S(=O)(=O)Cl)ccc(S)c1C#N. The topological polar surface area (TPSA) is 57.9 Å². The van der Waals surface area contributed by atoms with Gasteiger partial charge in [0.1, 0.15) is 6.07 Å². The number of halogens is 1. The van der Waals surface area contributed by atoms with Gasteiger partial charge in [-0.25, -0.2) is 8.42 Å². The molecule has 0 spiro atoms. The Morgan fingerprint density at radius 3 is 2.50 bits per heavy atom. The Kier molecular flexibility index (Phi) is 3.10. The fraction of sp³-hybridized carbons (Fsp3) is 0.125. The summed E-state index contributed by atoms with van der Waals surface area (Å²) >= 11 is 4.03. The highest BCUT2D eigenvalue weighted by Gasteiger charge is 2.16. The summed E-state index contributed by atoms with van der Waals surface area (Å²) in [6.45, 7) is 1.52. The zero-order valence-corrected chi connectivity index (χ0v) is 9.62. The summed E-state index contributed by atoms with van der Waals surface area (Å²) in [5.41, 5.74) is 0.560. The van der Waals surface area contributed by atoms with Crippen LogP contribution in [0, 0.1) is 18.3 Å². The molecule has 0 atom stereocenters. The molecule has 0 saturated carbocycles. The van der Waals surface area contributed by atoms with Crippen LogP contribution in [0.25, 0.3) is 0 Å². The predicted molar refractivity (Wildman–Crippen MR) is 56.2 cm³/mol. The Morgan fingerprint density at radius 1 is 1.50 bits per heavy atom. The molecule has 0 aliphatic heterocycles. The largest absolute Gasteiger partial charge is 0.261 e. The molecule has 3 nitrogen and oxygen atoms in total. The maximum atomic E-state index is 11.1. The lowest BCUT2D eigenvalue weighted by molar-refractivity contribution is 0.609. The zero-order chi connectivity index (χ0) is 10.9. The fourth-order valence-corrected chi connectivity index (χ4v) is 2.58. The number of rotatable bonds is 1. The van der Waals surface area contributed by atoms with Crippen LogP contribution < -0.4 is 0 Å². The van der Waals surface area contributed by atoms with E-state index in [-0.39, 0.29) is 10.5 Å². The first-order valence-corrected chi connectivity index (χ1v) is 6.31. The van der Waals surface area contributed by atoms with Gasteiger partial charge in [0, 0.05) is 15.6 Å². The van der Waals surface area contributed by atoms with Crippen molar-refractivity contribution in [2.75, 3.05) is 0 Å². The minimum Gasteiger partial charge on any atom is -0.207 e. The summed E-state index contributed by atoms with van der Waals surface area (Å²) in [7, 11) is 1.39. The van der Waals surface area contributed by atoms with E-state index in [0.29, 0.717) is 10.5 Å². The van der Waals surface area contributed by atoms with Crippen molar-refractivity contribution < 1.29 is 8.42 Å². The van der Waals surface area contributed by atoms with Crippen LogP contribution >= 0.6 is 23.3 Å². The zero-order valence-electron chi connectivity index (χ0n) is 7.15. The monoisotopic (exact) mass is 247 g/mol. The van der Waals surface area contributed by atoms with Crippen molar-refractivity contribution in [3.05, 3.63) is 23.3 Å². The van der Waals surface area contributed by atoms with Crippen LogP contribution in [-0.2, 0) is 9.05 Å². The molecule has 0 unspecified atom stereocenters. The van der Waals surface area contributed by atoms with Crippen LogP contribution in [0.15, 0.2) is 21.9 Å². The van der Waals surface area contributed by atoms with E-state index in [0.717, 1.165) is 0 Å². The minimum atomic E-state index is -3.80. The molecule has 0 aliphatic carbocycles. The van der Waals surface area contributed by atoms with Gasteiger partial charge in [-0.1, -0.05) is 0 Å². The fourth-order valence-electron chi connectivity index (χ4n) is 1.08. The van der Waals surface area contributed by atoms with E-state index in [1.165, 1.54) is 19.1 Å². The average Bonchev–Trinajstić information content (AvgIpc) is 2.02. The van der Waals surface area contributed by atoms with Gasteiger partial charge in [0.25, 0.3) is 9.05 Å². The highest BCUT2D eigenvalue weighted by molar-refractivity contribution is 8.13. The van der Waals surface area contributed by atoms with Crippen molar-refractivity contribution in [3.8, 4) is 6.07 Å². The summed E-state index contributed by atoms with van der Waals surface area (Å²) < 4.78 is 22.1. The number of nitrogens with zero attached hydrogens (tertiary/aromatic N) is 1. The van der Waals surface area contributed by atoms with E-state index >= 15 is 0 Å². The highest BCUT2D eigenvalue weighted by atomic mass is 35.7. The molecule has 0 N–H and O–H groups in total. The van der Waals surface area contributed by atoms with Crippen LogP contribution in [0.2, 0.25) is 0 Å². The second-order valence-corrected chi connectivity index (χ2v) is 5.65. The lowest BCUT2D eigenvalue weighted by Gasteiger charge is -2.05. The smallest absolute Gasteiger partial charge is 0.207 e. The first-order valence-electron chi connectivity index (χ1n) is 3.55. The van der Waals surface area contributed by atoms with Crippen LogP contribution in [0.5, 0.6) is 0 Å². The molecule has 0 fully saturated rings. The molecule has 0 amide bonds. The molecule has 0 bridgehead atoms. The Labute approximate surface area is 92.1 Å². The Balaban J connectivity index is 3.62. The van der Waals surface area contributed by atoms with Crippen LogP contribution in [0.3, 0.4) is 0 Å². The molecule has 0 heterocycles. The van der Waals surface area contributed by atoms with Gasteiger partial charge in [-0.15, -0.1) is 12.6 Å². The summed E-state index contributed by atoms with van der Waals surface area (Å²) in [4.78, 5) is 0.391. The van der Waals surface area contributed by atoms with Gasteiger partial charge in [-0.05, 0) is 24.6 Å². The standard InChI is InChI=1S/C8H6ClNO2S2/c1-5-6(4-10)7(13)2-3-8(5)14(9,11)12/h2-3,13H,1H3. The van der Waals surface area contributed by atoms with Crippen molar-refractivity contribution in [2.45, 2.75) is 16.7 Å². The van der Waals surface area contributed by atoms with Crippen LogP contribution in [0.4, 0.5) is 0 Å². The molecule has 1 aromatic rings. The number of thiol groups is 1. The van der Waals surface area contributed by atoms with Crippen LogP contribution in [-0.4, -0.2) is 8.42 Å². The highest BCUT2D eigenvalue weighted by Crippen LogP contribution is 2.26. The molecule has 74 valence electrons. The lowest BCUT2D eigenvalue weighted by Crippen LogP contribution is -1.97. The maximum absolute atomic E-state index is 11.1. The van der Waals surface area contributed by atoms with Gasteiger partial charge >= 0.3 is 0 Å². The molecule has 14 heavy (non-hydrogen) atoms. The van der Waals surface area contributed by atoms with Crippen molar-refractivity contribution >= 4 is 32.4 Å². The van der Waals surface area contributed by atoms with Crippen LogP contribution in [0.1, 0.15) is 11.1 Å². The molecular formula is C8H6ClNO2S2. The maximum Gasteiger partial charge on any atom is 0.261 e. The second kappa shape index (κ2) is 3.81. The van der Waals surface area contributed by atoms with E-state index in [1.54, 1.807) is 0 Å². The first kappa shape index (κ1) is 11.4. The summed E-state index contributed by atoms with van der Waals surface area (Å²) in [5, 5.41) is 8.75. The third-order valence-corrected chi connectivity index (χ3v) is 3.61. The third-order valence-electron chi connectivity index (χ3n) is 1.77. The number of hydrogen-bond acceptors (Lipinski definition) is 4. The van der Waals surface area contributed by atoms with Gasteiger partial charge in [0.05, 0.1) is 10.5 Å². The molecule has 1 rings (SSSR count). The van der Waals surface area contributed by atoms with E-state index in [4.69, 9.17) is 15.9 Å². The van der Waals surface area contributed by atoms with Gasteiger partial charge in [-0.2, -0.15) is 5.26 Å². The summed E-state index contributed by atoms with van der Waals surface area (Å²) in [6.07, 6.45) is 0. The van der Waals surface area contributed by atoms with Gasteiger partial charge in [-0.3, -0.25) is 0 Å². The molecule has 0 radical (unpaired) electrons. The van der Waals surface area contributed by atoms with Crippen molar-refractivity contribution in [2.24, 2.45) is 0 Å². The minimum absolute atomic E-state index is 0.0477. The van der Waals surface area contributed by atoms with E-state index in [9.17, 15) is 8.42 Å². The van der Waals surface area contributed by atoms with E-state index in [1.807, 2.05) is 6.07 Å². The van der Waals surface area contributed by atoms with Gasteiger partial charge in [0.15, 0.2) is 0 Å². The molecule has 0 aliphatic rings. The molecule has 1 aromatic carbocycles. The normalized spacial score (nSPS) is 11.0. The first-order chi connectivity index (χ1) is 6.38. The number of nitriles is 1. The van der Waals surface area contributed by atoms with Gasteiger partial charge < -0.3 is 0 Å². The molecule has 6 heteroatoms. The summed E-state index contributed by atoms with van der Waals surface area (Å²) in [5.74, 6) is 0. The summed E-state index contributed by atoms with van der Waals surface area (Å²) in [6, 6.07) is 4.65. The quantitative estimate of drug-likeness (QED) is 0.611. The molecule has 0 aromatic heterocycles. The van der Waals surface area contributed by atoms with Crippen molar-refractivity contribution in [1.82, 2.24) is 0 Å². The van der Waals surface area contributed by atoms with Crippen molar-refractivity contribution in [1.29, 1.82) is 5.26 Å². The average molecular weight is 248 g/mol. The van der Waals surface area contributed by atoms with Gasteiger partial charge in [0.2, 0.25) is 0 Å². The molecule has 0 saturated heterocycles. The van der Waals surface area contributed by atoms with E-state index in [2.05, 4.69) is 12.6 Å². The second-order valence-electron chi connectivity index (χ2n) is 2.63. The third kappa shape index (κ3) is 2.03. The lowest BCUT2D eigenvalue weighted by atomic mass is 10.1. The Bertz CT molecular complexity index is 517. The van der Waals surface area contributed by atoms with E-state index < -0.39 is 9.05 Å². The van der Waals surface area contributed by atoms with Crippen molar-refractivity contribution in [3.63, 3.8) is 0 Å². The predicted octanol–water partition coefficient (Wildman–Crippen LogP) is 2.08. The number of hydrogen-bond donors (Lipinski definition) is 1. The Morgan fingerprint density at radius 2 is 2.07 bits per heavy atom. The number of benzene rings is 1.